The third kappa shape index (κ3) is 1.89. The Balaban J connectivity index is 2.43. The number of fused-ring (bicyclic) bond motifs is 1. The number of carboxylic acids is 1. The Hall–Kier alpha value is -1.52. The summed E-state index contributed by atoms with van der Waals surface area (Å²) < 4.78 is 0. The highest BCUT2D eigenvalue weighted by atomic mass is 35.5. The lowest BCUT2D eigenvalue weighted by atomic mass is 10.1. The molecule has 16 heavy (non-hydrogen) atoms. The summed E-state index contributed by atoms with van der Waals surface area (Å²) in [5, 5.41) is 10.1. The summed E-state index contributed by atoms with van der Waals surface area (Å²) in [4.78, 5) is 13.7. The molecular formula is C11H11ClN2O2. The standard InChI is InChI=1S/C11H11ClN2O2/c12-10-7(5-8(13)11(15)16)6-3-1-2-4-9(6)14-10/h1-4,8,14H,5,13H2,(H,15,16)/t8-/m1/s1. The average molecular weight is 239 g/mol. The molecule has 4 N–H and O–H groups in total. The Morgan fingerprint density at radius 1 is 1.50 bits per heavy atom. The molecule has 0 saturated heterocycles. The Morgan fingerprint density at radius 3 is 2.88 bits per heavy atom. The highest BCUT2D eigenvalue weighted by molar-refractivity contribution is 6.31. The van der Waals surface area contributed by atoms with Crippen molar-refractivity contribution in [2.75, 3.05) is 0 Å². The van der Waals surface area contributed by atoms with E-state index in [1.165, 1.54) is 0 Å². The fraction of sp³-hybridized carbons (Fsp3) is 0.182. The average Bonchev–Trinajstić information content (AvgIpc) is 2.55. The summed E-state index contributed by atoms with van der Waals surface area (Å²) >= 11 is 6.01. The first kappa shape index (κ1) is 11.0. The van der Waals surface area contributed by atoms with Gasteiger partial charge in [-0.3, -0.25) is 4.79 Å². The number of benzene rings is 1. The van der Waals surface area contributed by atoms with E-state index >= 15 is 0 Å². The first-order valence-corrected chi connectivity index (χ1v) is 5.21. The Morgan fingerprint density at radius 2 is 2.19 bits per heavy atom. The van der Waals surface area contributed by atoms with E-state index < -0.39 is 12.0 Å². The molecule has 0 spiro atoms. The molecule has 4 nitrogen and oxygen atoms in total. The van der Waals surface area contributed by atoms with Crippen LogP contribution in [0.25, 0.3) is 10.9 Å². The highest BCUT2D eigenvalue weighted by Crippen LogP contribution is 2.26. The van der Waals surface area contributed by atoms with Crippen LogP contribution in [0.1, 0.15) is 5.56 Å². The highest BCUT2D eigenvalue weighted by Gasteiger charge is 2.17. The minimum absolute atomic E-state index is 0.220. The second kappa shape index (κ2) is 4.15. The number of H-pyrrole nitrogens is 1. The molecule has 0 unspecified atom stereocenters. The fourth-order valence-corrected chi connectivity index (χ4v) is 1.95. The predicted octanol–water partition coefficient (Wildman–Crippen LogP) is 1.78. The summed E-state index contributed by atoms with van der Waals surface area (Å²) in [5.74, 6) is -1.03. The number of nitrogens with two attached hydrogens (primary N) is 1. The maximum absolute atomic E-state index is 10.7. The topological polar surface area (TPSA) is 79.1 Å². The van der Waals surface area contributed by atoms with Crippen LogP contribution in [-0.2, 0) is 11.2 Å². The van der Waals surface area contributed by atoms with Crippen molar-refractivity contribution in [2.45, 2.75) is 12.5 Å². The molecule has 0 radical (unpaired) electrons. The van der Waals surface area contributed by atoms with Gasteiger partial charge in [0, 0.05) is 17.3 Å². The Bertz CT molecular complexity index is 536. The maximum atomic E-state index is 10.7. The van der Waals surface area contributed by atoms with Gasteiger partial charge in [0.25, 0.3) is 0 Å². The number of halogens is 1. The lowest BCUT2D eigenvalue weighted by molar-refractivity contribution is -0.138. The monoisotopic (exact) mass is 238 g/mol. The van der Waals surface area contributed by atoms with Gasteiger partial charge in [-0.15, -0.1) is 0 Å². The molecule has 84 valence electrons. The third-order valence-electron chi connectivity index (χ3n) is 2.50. The van der Waals surface area contributed by atoms with Gasteiger partial charge in [-0.2, -0.15) is 0 Å². The quantitative estimate of drug-likeness (QED) is 0.763. The minimum Gasteiger partial charge on any atom is -0.480 e. The first-order chi connectivity index (χ1) is 7.59. The normalized spacial score (nSPS) is 12.9. The smallest absolute Gasteiger partial charge is 0.320 e. The SMILES string of the molecule is N[C@H](Cc1c(Cl)[nH]c2ccccc12)C(=O)O. The number of nitrogens with one attached hydrogen (secondary N) is 1. The van der Waals surface area contributed by atoms with Crippen molar-refractivity contribution in [3.05, 3.63) is 35.0 Å². The van der Waals surface area contributed by atoms with E-state index in [9.17, 15) is 4.79 Å². The van der Waals surface area contributed by atoms with Crippen molar-refractivity contribution < 1.29 is 9.90 Å². The van der Waals surface area contributed by atoms with Gasteiger partial charge >= 0.3 is 5.97 Å². The molecule has 0 aliphatic carbocycles. The summed E-state index contributed by atoms with van der Waals surface area (Å²) in [6.45, 7) is 0. The molecule has 1 aromatic carbocycles. The summed E-state index contributed by atoms with van der Waals surface area (Å²) in [6.07, 6.45) is 0.220. The molecule has 0 saturated carbocycles. The second-order valence-corrected chi connectivity index (χ2v) is 3.99. The van der Waals surface area contributed by atoms with Gasteiger partial charge in [-0.25, -0.2) is 0 Å². The van der Waals surface area contributed by atoms with Crippen LogP contribution in [-0.4, -0.2) is 22.1 Å². The van der Waals surface area contributed by atoms with E-state index in [-0.39, 0.29) is 6.42 Å². The number of aromatic nitrogens is 1. The van der Waals surface area contributed by atoms with Gasteiger partial charge < -0.3 is 15.8 Å². The van der Waals surface area contributed by atoms with Crippen LogP contribution in [0.2, 0.25) is 5.15 Å². The zero-order valence-electron chi connectivity index (χ0n) is 8.40. The molecule has 5 heteroatoms. The number of hydrogen-bond acceptors (Lipinski definition) is 2. The predicted molar refractivity (Wildman–Crippen MR) is 62.6 cm³/mol. The maximum Gasteiger partial charge on any atom is 0.320 e. The van der Waals surface area contributed by atoms with Crippen molar-refractivity contribution in [1.82, 2.24) is 4.98 Å². The van der Waals surface area contributed by atoms with E-state index in [2.05, 4.69) is 4.98 Å². The minimum atomic E-state index is -1.03. The molecule has 0 amide bonds. The summed E-state index contributed by atoms with van der Waals surface area (Å²) in [7, 11) is 0. The fourth-order valence-electron chi connectivity index (χ4n) is 1.67. The lowest BCUT2D eigenvalue weighted by Crippen LogP contribution is -2.32. The molecule has 2 rings (SSSR count). The number of aromatic amines is 1. The van der Waals surface area contributed by atoms with Crippen molar-refractivity contribution >= 4 is 28.5 Å². The van der Waals surface area contributed by atoms with Crippen molar-refractivity contribution in [2.24, 2.45) is 5.73 Å². The van der Waals surface area contributed by atoms with Crippen LogP contribution in [0.4, 0.5) is 0 Å². The van der Waals surface area contributed by atoms with Crippen molar-refractivity contribution in [3.63, 3.8) is 0 Å². The molecule has 1 heterocycles. The number of hydrogen-bond donors (Lipinski definition) is 3. The van der Waals surface area contributed by atoms with E-state index in [1.807, 2.05) is 24.3 Å². The second-order valence-electron chi connectivity index (χ2n) is 3.61. The van der Waals surface area contributed by atoms with Crippen LogP contribution < -0.4 is 5.73 Å². The van der Waals surface area contributed by atoms with Crippen LogP contribution in [0.3, 0.4) is 0 Å². The third-order valence-corrected chi connectivity index (χ3v) is 2.83. The van der Waals surface area contributed by atoms with Crippen LogP contribution in [0.15, 0.2) is 24.3 Å². The van der Waals surface area contributed by atoms with Gasteiger partial charge in [-0.05, 0) is 11.6 Å². The molecule has 0 aliphatic heterocycles. The molecule has 0 aliphatic rings. The first-order valence-electron chi connectivity index (χ1n) is 4.83. The van der Waals surface area contributed by atoms with Crippen LogP contribution in [0.5, 0.6) is 0 Å². The van der Waals surface area contributed by atoms with E-state index in [4.69, 9.17) is 22.4 Å². The molecule has 1 aromatic heterocycles. The lowest BCUT2D eigenvalue weighted by Gasteiger charge is -2.05. The van der Waals surface area contributed by atoms with Gasteiger partial charge in [-0.1, -0.05) is 29.8 Å². The Labute approximate surface area is 97.0 Å². The molecule has 0 fully saturated rings. The number of carboxylic acid groups (broad SMARTS) is 1. The van der Waals surface area contributed by atoms with Gasteiger partial charge in [0.2, 0.25) is 0 Å². The molecule has 2 aromatic rings. The Kier molecular flexibility index (Phi) is 2.85. The molecule has 1 atom stereocenters. The van der Waals surface area contributed by atoms with Crippen molar-refractivity contribution in [3.8, 4) is 0 Å². The summed E-state index contributed by atoms with van der Waals surface area (Å²) in [6, 6.07) is 6.61. The molecule has 0 bridgehead atoms. The number of carbonyl (C=O) groups is 1. The number of para-hydroxylation sites is 1. The summed E-state index contributed by atoms with van der Waals surface area (Å²) in [5.41, 5.74) is 7.14. The van der Waals surface area contributed by atoms with Crippen LogP contribution in [0, 0.1) is 0 Å². The van der Waals surface area contributed by atoms with E-state index in [1.54, 1.807) is 0 Å². The zero-order chi connectivity index (χ0) is 11.7. The number of rotatable bonds is 3. The van der Waals surface area contributed by atoms with E-state index in [0.29, 0.717) is 5.15 Å². The van der Waals surface area contributed by atoms with Gasteiger partial charge in [0.05, 0.1) is 0 Å². The van der Waals surface area contributed by atoms with Gasteiger partial charge in [0.15, 0.2) is 0 Å². The van der Waals surface area contributed by atoms with E-state index in [0.717, 1.165) is 16.5 Å². The van der Waals surface area contributed by atoms with Gasteiger partial charge in [0.1, 0.15) is 11.2 Å². The van der Waals surface area contributed by atoms with Crippen LogP contribution >= 0.6 is 11.6 Å². The van der Waals surface area contributed by atoms with Crippen molar-refractivity contribution in [1.29, 1.82) is 0 Å². The zero-order valence-corrected chi connectivity index (χ0v) is 9.16. The number of aliphatic carboxylic acids is 1. The largest absolute Gasteiger partial charge is 0.480 e. The molecular weight excluding hydrogens is 228 g/mol.